The van der Waals surface area contributed by atoms with Crippen LogP contribution < -0.4 is 14.8 Å². The van der Waals surface area contributed by atoms with E-state index in [1.807, 2.05) is 19.1 Å². The minimum atomic E-state index is -0.928. The quantitative estimate of drug-likeness (QED) is 0.874. The minimum Gasteiger partial charge on any atom is -0.454 e. The molecule has 2 aromatic rings. The minimum absolute atomic E-state index is 0.164. The van der Waals surface area contributed by atoms with Crippen LogP contribution in [0.4, 0.5) is 5.69 Å². The van der Waals surface area contributed by atoms with Crippen LogP contribution in [0.25, 0.3) is 0 Å². The molecule has 0 bridgehead atoms. The molecule has 6 heteroatoms. The lowest BCUT2D eigenvalue weighted by Crippen LogP contribution is -2.30. The van der Waals surface area contributed by atoms with E-state index in [9.17, 15) is 9.59 Å². The molecule has 0 saturated carbocycles. The van der Waals surface area contributed by atoms with Crippen molar-refractivity contribution in [2.45, 2.75) is 20.0 Å². The summed E-state index contributed by atoms with van der Waals surface area (Å²) in [5.41, 5.74) is 1.79. The standard InChI is InChI=1S/C18H17NO5/c1-11-5-3-4-6-14(11)18(21)24-12(2)17(20)19-13-7-8-15-16(9-13)23-10-22-15/h3-9,12H,10H2,1-2H3,(H,19,20). The molecule has 0 fully saturated rings. The number of rotatable bonds is 4. The summed E-state index contributed by atoms with van der Waals surface area (Å²) in [5.74, 6) is 0.252. The first-order valence-electron chi connectivity index (χ1n) is 7.52. The highest BCUT2D eigenvalue weighted by Gasteiger charge is 2.21. The van der Waals surface area contributed by atoms with E-state index in [4.69, 9.17) is 14.2 Å². The molecular formula is C18H17NO5. The van der Waals surface area contributed by atoms with Crippen LogP contribution in [0.5, 0.6) is 11.5 Å². The fourth-order valence-corrected chi connectivity index (χ4v) is 2.30. The van der Waals surface area contributed by atoms with Gasteiger partial charge in [0.25, 0.3) is 5.91 Å². The number of carbonyl (C=O) groups is 2. The maximum Gasteiger partial charge on any atom is 0.339 e. The number of nitrogens with one attached hydrogen (secondary N) is 1. The Balaban J connectivity index is 1.63. The molecule has 0 spiro atoms. The number of hydrogen-bond acceptors (Lipinski definition) is 5. The van der Waals surface area contributed by atoms with E-state index in [0.717, 1.165) is 5.56 Å². The Hall–Kier alpha value is -3.02. The second kappa shape index (κ2) is 6.62. The molecule has 124 valence electrons. The van der Waals surface area contributed by atoms with Gasteiger partial charge in [0.15, 0.2) is 17.6 Å². The van der Waals surface area contributed by atoms with Gasteiger partial charge in [0.1, 0.15) is 0 Å². The third kappa shape index (κ3) is 3.32. The summed E-state index contributed by atoms with van der Waals surface area (Å²) in [5, 5.41) is 2.69. The molecule has 1 unspecified atom stereocenters. The monoisotopic (exact) mass is 327 g/mol. The zero-order chi connectivity index (χ0) is 17.1. The molecule has 1 N–H and O–H groups in total. The third-order valence-corrected chi connectivity index (χ3v) is 3.66. The van der Waals surface area contributed by atoms with Crippen LogP contribution in [0.2, 0.25) is 0 Å². The molecule has 0 radical (unpaired) electrons. The van der Waals surface area contributed by atoms with Crippen molar-refractivity contribution in [2.24, 2.45) is 0 Å². The molecule has 2 aromatic carbocycles. The topological polar surface area (TPSA) is 73.9 Å². The molecule has 1 aliphatic rings. The van der Waals surface area contributed by atoms with E-state index in [-0.39, 0.29) is 6.79 Å². The highest BCUT2D eigenvalue weighted by molar-refractivity contribution is 5.98. The van der Waals surface area contributed by atoms with Crippen molar-refractivity contribution in [3.63, 3.8) is 0 Å². The number of aryl methyl sites for hydroxylation is 1. The molecule has 1 amide bonds. The average Bonchev–Trinajstić information content (AvgIpc) is 3.02. The Bertz CT molecular complexity index is 787. The van der Waals surface area contributed by atoms with Gasteiger partial charge in [-0.2, -0.15) is 0 Å². The molecule has 1 aliphatic heterocycles. The number of carbonyl (C=O) groups excluding carboxylic acids is 2. The first kappa shape index (κ1) is 15.9. The Morgan fingerprint density at radius 2 is 1.88 bits per heavy atom. The molecule has 3 rings (SSSR count). The number of esters is 1. The van der Waals surface area contributed by atoms with Crippen LogP contribution in [0.3, 0.4) is 0 Å². The van der Waals surface area contributed by atoms with Gasteiger partial charge < -0.3 is 19.5 Å². The second-order valence-corrected chi connectivity index (χ2v) is 5.42. The number of fused-ring (bicyclic) bond motifs is 1. The predicted molar refractivity (Wildman–Crippen MR) is 87.3 cm³/mol. The SMILES string of the molecule is Cc1ccccc1C(=O)OC(C)C(=O)Nc1ccc2c(c1)OCO2. The van der Waals surface area contributed by atoms with Crippen molar-refractivity contribution in [2.75, 3.05) is 12.1 Å². The van der Waals surface area contributed by atoms with Crippen LogP contribution in [0.15, 0.2) is 42.5 Å². The van der Waals surface area contributed by atoms with Crippen LogP contribution in [-0.2, 0) is 9.53 Å². The van der Waals surface area contributed by atoms with E-state index in [0.29, 0.717) is 22.7 Å². The van der Waals surface area contributed by atoms with Crippen molar-refractivity contribution in [3.8, 4) is 11.5 Å². The van der Waals surface area contributed by atoms with Crippen molar-refractivity contribution in [1.82, 2.24) is 0 Å². The fraction of sp³-hybridized carbons (Fsp3) is 0.222. The lowest BCUT2D eigenvalue weighted by molar-refractivity contribution is -0.123. The van der Waals surface area contributed by atoms with Crippen LogP contribution in [-0.4, -0.2) is 24.8 Å². The van der Waals surface area contributed by atoms with E-state index in [2.05, 4.69) is 5.32 Å². The van der Waals surface area contributed by atoms with Gasteiger partial charge in [-0.25, -0.2) is 4.79 Å². The van der Waals surface area contributed by atoms with Gasteiger partial charge in [-0.1, -0.05) is 18.2 Å². The molecule has 0 saturated heterocycles. The highest BCUT2D eigenvalue weighted by atomic mass is 16.7. The van der Waals surface area contributed by atoms with Gasteiger partial charge in [0.05, 0.1) is 5.56 Å². The summed E-state index contributed by atoms with van der Waals surface area (Å²) in [4.78, 5) is 24.4. The smallest absolute Gasteiger partial charge is 0.339 e. The van der Waals surface area contributed by atoms with Crippen molar-refractivity contribution >= 4 is 17.6 Å². The van der Waals surface area contributed by atoms with Crippen molar-refractivity contribution in [3.05, 3.63) is 53.6 Å². The summed E-state index contributed by atoms with van der Waals surface area (Å²) in [7, 11) is 0. The number of ether oxygens (including phenoxy) is 3. The molecule has 24 heavy (non-hydrogen) atoms. The van der Waals surface area contributed by atoms with Crippen LogP contribution in [0.1, 0.15) is 22.8 Å². The highest BCUT2D eigenvalue weighted by Crippen LogP contribution is 2.34. The van der Waals surface area contributed by atoms with Gasteiger partial charge in [-0.3, -0.25) is 4.79 Å². The van der Waals surface area contributed by atoms with E-state index < -0.39 is 18.0 Å². The van der Waals surface area contributed by atoms with E-state index in [1.165, 1.54) is 6.92 Å². The Kier molecular flexibility index (Phi) is 4.37. The van der Waals surface area contributed by atoms with Crippen LogP contribution in [0, 0.1) is 6.92 Å². The van der Waals surface area contributed by atoms with Crippen molar-refractivity contribution in [1.29, 1.82) is 0 Å². The van der Waals surface area contributed by atoms with Gasteiger partial charge >= 0.3 is 5.97 Å². The normalized spacial score (nSPS) is 13.2. The van der Waals surface area contributed by atoms with Gasteiger partial charge in [0.2, 0.25) is 6.79 Å². The Morgan fingerprint density at radius 1 is 1.12 bits per heavy atom. The maximum absolute atomic E-state index is 12.2. The van der Waals surface area contributed by atoms with Crippen LogP contribution >= 0.6 is 0 Å². The second-order valence-electron chi connectivity index (χ2n) is 5.42. The summed E-state index contributed by atoms with van der Waals surface area (Å²) in [6.45, 7) is 3.50. The maximum atomic E-state index is 12.2. The molecule has 6 nitrogen and oxygen atoms in total. The van der Waals surface area contributed by atoms with E-state index in [1.54, 1.807) is 30.3 Å². The molecule has 1 atom stereocenters. The number of anilines is 1. The first-order chi connectivity index (χ1) is 11.5. The lowest BCUT2D eigenvalue weighted by Gasteiger charge is -2.14. The average molecular weight is 327 g/mol. The fourth-order valence-electron chi connectivity index (χ4n) is 2.30. The van der Waals surface area contributed by atoms with Gasteiger partial charge in [0, 0.05) is 11.8 Å². The molecular weight excluding hydrogens is 310 g/mol. The van der Waals surface area contributed by atoms with E-state index >= 15 is 0 Å². The molecule has 0 aromatic heterocycles. The summed E-state index contributed by atoms with van der Waals surface area (Å²) in [6, 6.07) is 12.1. The molecule has 0 aliphatic carbocycles. The Morgan fingerprint density at radius 3 is 2.67 bits per heavy atom. The van der Waals surface area contributed by atoms with Crippen molar-refractivity contribution < 1.29 is 23.8 Å². The summed E-state index contributed by atoms with van der Waals surface area (Å²) >= 11 is 0. The Labute approximate surface area is 139 Å². The van der Waals surface area contributed by atoms with Gasteiger partial charge in [-0.15, -0.1) is 0 Å². The zero-order valence-corrected chi connectivity index (χ0v) is 13.4. The predicted octanol–water partition coefficient (Wildman–Crippen LogP) is 2.91. The summed E-state index contributed by atoms with van der Waals surface area (Å²) < 4.78 is 15.7. The number of amides is 1. The lowest BCUT2D eigenvalue weighted by atomic mass is 10.1. The summed E-state index contributed by atoms with van der Waals surface area (Å²) in [6.07, 6.45) is -0.928. The first-order valence-corrected chi connectivity index (χ1v) is 7.52. The molecule has 1 heterocycles. The largest absolute Gasteiger partial charge is 0.454 e. The number of benzene rings is 2. The number of hydrogen-bond donors (Lipinski definition) is 1. The van der Waals surface area contributed by atoms with Gasteiger partial charge in [-0.05, 0) is 37.6 Å². The third-order valence-electron chi connectivity index (χ3n) is 3.66. The zero-order valence-electron chi connectivity index (χ0n) is 13.4.